The number of aryl methyl sites for hydroxylation is 1. The van der Waals surface area contributed by atoms with Crippen molar-refractivity contribution in [1.82, 2.24) is 20.1 Å². The van der Waals surface area contributed by atoms with Crippen molar-refractivity contribution in [2.75, 3.05) is 0 Å². The molecule has 0 aliphatic rings. The summed E-state index contributed by atoms with van der Waals surface area (Å²) >= 11 is 1.50. The van der Waals surface area contributed by atoms with Crippen LogP contribution >= 0.6 is 11.8 Å². The first kappa shape index (κ1) is 15.8. The summed E-state index contributed by atoms with van der Waals surface area (Å²) in [7, 11) is 0. The first-order valence-corrected chi connectivity index (χ1v) is 8.69. The quantitative estimate of drug-likeness (QED) is 0.527. The lowest BCUT2D eigenvalue weighted by atomic mass is 10.1. The van der Waals surface area contributed by atoms with E-state index in [2.05, 4.69) is 20.1 Å². The third kappa shape index (κ3) is 3.15. The summed E-state index contributed by atoms with van der Waals surface area (Å²) < 4.78 is 19.1. The number of halogens is 1. The first-order chi connectivity index (χ1) is 12.1. The Kier molecular flexibility index (Phi) is 4.01. The monoisotopic (exact) mass is 354 g/mol. The largest absolute Gasteiger partial charge is 0.338 e. The zero-order valence-electron chi connectivity index (χ0n) is 13.7. The number of nitrogens with one attached hydrogen (secondary N) is 1. The highest BCUT2D eigenvalue weighted by atomic mass is 32.2. The van der Waals surface area contributed by atoms with Crippen molar-refractivity contribution in [3.05, 3.63) is 59.7 Å². The summed E-state index contributed by atoms with van der Waals surface area (Å²) in [4.78, 5) is 12.2. The van der Waals surface area contributed by atoms with Gasteiger partial charge in [-0.25, -0.2) is 9.37 Å². The van der Waals surface area contributed by atoms with E-state index in [1.807, 2.05) is 31.2 Å². The van der Waals surface area contributed by atoms with E-state index in [1.165, 1.54) is 17.8 Å². The van der Waals surface area contributed by atoms with Crippen molar-refractivity contribution in [2.45, 2.75) is 24.3 Å². The molecule has 0 aliphatic heterocycles. The second kappa shape index (κ2) is 6.33. The predicted molar refractivity (Wildman–Crippen MR) is 94.8 cm³/mol. The Bertz CT molecular complexity index is 1010. The normalized spacial score (nSPS) is 12.6. The Labute approximate surface area is 147 Å². The maximum atomic E-state index is 13.7. The number of para-hydroxylation sites is 2. The molecular formula is C18H15FN4OS. The number of H-pyrrole nitrogens is 1. The number of fused-ring (bicyclic) bond motifs is 1. The molecule has 5 nitrogen and oxygen atoms in total. The van der Waals surface area contributed by atoms with Gasteiger partial charge in [0.05, 0.1) is 16.3 Å². The third-order valence-electron chi connectivity index (χ3n) is 3.88. The van der Waals surface area contributed by atoms with Gasteiger partial charge in [-0.3, -0.25) is 0 Å². The maximum absolute atomic E-state index is 13.7. The van der Waals surface area contributed by atoms with Gasteiger partial charge in [-0.15, -0.1) is 0 Å². The molecule has 2 aromatic heterocycles. The predicted octanol–water partition coefficient (Wildman–Crippen LogP) is 4.91. The van der Waals surface area contributed by atoms with Gasteiger partial charge >= 0.3 is 0 Å². The number of aromatic nitrogens is 4. The molecule has 1 N–H and O–H groups in total. The van der Waals surface area contributed by atoms with E-state index in [0.717, 1.165) is 16.2 Å². The smallest absolute Gasteiger partial charge is 0.240 e. The number of nitrogens with zero attached hydrogens (tertiary/aromatic N) is 3. The average Bonchev–Trinajstić information content (AvgIpc) is 3.23. The number of aromatic amines is 1. The second-order valence-electron chi connectivity index (χ2n) is 5.74. The van der Waals surface area contributed by atoms with Crippen molar-refractivity contribution < 1.29 is 8.91 Å². The SMILES string of the molecule is Cc1ccc(-c2noc(C(C)Sc3nc4ccccc4[nH]3)n2)cc1F. The maximum Gasteiger partial charge on any atom is 0.240 e. The van der Waals surface area contributed by atoms with Crippen LogP contribution in [0.15, 0.2) is 52.1 Å². The van der Waals surface area contributed by atoms with E-state index < -0.39 is 0 Å². The lowest BCUT2D eigenvalue weighted by Gasteiger charge is -2.02. The topological polar surface area (TPSA) is 67.6 Å². The second-order valence-corrected chi connectivity index (χ2v) is 7.07. The molecule has 0 spiro atoms. The molecule has 2 aromatic carbocycles. The van der Waals surface area contributed by atoms with Crippen LogP contribution in [0.5, 0.6) is 0 Å². The molecule has 0 radical (unpaired) electrons. The molecule has 7 heteroatoms. The highest BCUT2D eigenvalue weighted by Gasteiger charge is 2.18. The minimum atomic E-state index is -0.284. The average molecular weight is 354 g/mol. The van der Waals surface area contributed by atoms with Crippen LogP contribution in [-0.2, 0) is 0 Å². The van der Waals surface area contributed by atoms with Crippen LogP contribution in [-0.4, -0.2) is 20.1 Å². The van der Waals surface area contributed by atoms with E-state index in [-0.39, 0.29) is 11.1 Å². The fraction of sp³-hybridized carbons (Fsp3) is 0.167. The van der Waals surface area contributed by atoms with Gasteiger partial charge in [0, 0.05) is 5.56 Å². The number of rotatable bonds is 4. The van der Waals surface area contributed by atoms with Crippen molar-refractivity contribution in [2.24, 2.45) is 0 Å². The molecule has 4 rings (SSSR count). The molecule has 0 amide bonds. The van der Waals surface area contributed by atoms with E-state index in [1.54, 1.807) is 19.1 Å². The van der Waals surface area contributed by atoms with Crippen LogP contribution in [0.1, 0.15) is 23.6 Å². The van der Waals surface area contributed by atoms with Crippen molar-refractivity contribution >= 4 is 22.8 Å². The summed E-state index contributed by atoms with van der Waals surface area (Å²) in [5, 5.41) is 4.67. The standard InChI is InChI=1S/C18H15FN4OS/c1-10-7-8-12(9-13(10)19)16-22-17(24-23-16)11(2)25-18-20-14-5-3-4-6-15(14)21-18/h3-9,11H,1-2H3,(H,20,21). The van der Waals surface area contributed by atoms with Crippen LogP contribution in [0.2, 0.25) is 0 Å². The van der Waals surface area contributed by atoms with Gasteiger partial charge in [0.1, 0.15) is 5.82 Å². The first-order valence-electron chi connectivity index (χ1n) is 7.81. The fourth-order valence-corrected chi connectivity index (χ4v) is 3.30. The van der Waals surface area contributed by atoms with E-state index >= 15 is 0 Å². The highest BCUT2D eigenvalue weighted by molar-refractivity contribution is 7.99. The van der Waals surface area contributed by atoms with Crippen LogP contribution < -0.4 is 0 Å². The molecule has 0 saturated carbocycles. The van der Waals surface area contributed by atoms with Gasteiger partial charge in [-0.05, 0) is 37.6 Å². The Morgan fingerprint density at radius 1 is 1.16 bits per heavy atom. The summed E-state index contributed by atoms with van der Waals surface area (Å²) in [6.07, 6.45) is 0. The zero-order chi connectivity index (χ0) is 17.4. The molecule has 0 fully saturated rings. The summed E-state index contributed by atoms with van der Waals surface area (Å²) in [6, 6.07) is 12.7. The zero-order valence-corrected chi connectivity index (χ0v) is 14.5. The van der Waals surface area contributed by atoms with Gasteiger partial charge in [0.25, 0.3) is 0 Å². The number of benzene rings is 2. The van der Waals surface area contributed by atoms with E-state index in [9.17, 15) is 4.39 Å². The van der Waals surface area contributed by atoms with Gasteiger partial charge < -0.3 is 9.51 Å². The molecule has 0 saturated heterocycles. The molecule has 0 aliphatic carbocycles. The number of hydrogen-bond acceptors (Lipinski definition) is 5. The van der Waals surface area contributed by atoms with Gasteiger partial charge in [0.15, 0.2) is 5.16 Å². The Morgan fingerprint density at radius 3 is 2.80 bits per heavy atom. The summed E-state index contributed by atoms with van der Waals surface area (Å²) in [5.74, 6) is 0.570. The van der Waals surface area contributed by atoms with Crippen LogP contribution in [0, 0.1) is 12.7 Å². The number of hydrogen-bond donors (Lipinski definition) is 1. The number of imidazole rings is 1. The molecule has 25 heavy (non-hydrogen) atoms. The van der Waals surface area contributed by atoms with Crippen LogP contribution in [0.3, 0.4) is 0 Å². The van der Waals surface area contributed by atoms with Gasteiger partial charge in [-0.2, -0.15) is 4.98 Å². The van der Waals surface area contributed by atoms with Gasteiger partial charge in [0.2, 0.25) is 11.7 Å². The van der Waals surface area contributed by atoms with E-state index in [0.29, 0.717) is 22.8 Å². The van der Waals surface area contributed by atoms with Crippen molar-refractivity contribution in [3.8, 4) is 11.4 Å². The Morgan fingerprint density at radius 2 is 2.00 bits per heavy atom. The molecule has 0 bridgehead atoms. The number of thioether (sulfide) groups is 1. The van der Waals surface area contributed by atoms with Crippen LogP contribution in [0.25, 0.3) is 22.4 Å². The fourth-order valence-electron chi connectivity index (χ4n) is 2.45. The molecular weight excluding hydrogens is 339 g/mol. The Hall–Kier alpha value is -2.67. The molecule has 1 unspecified atom stereocenters. The molecule has 4 aromatic rings. The minimum absolute atomic E-state index is 0.0860. The molecule has 126 valence electrons. The summed E-state index contributed by atoms with van der Waals surface area (Å²) in [5.41, 5.74) is 3.08. The van der Waals surface area contributed by atoms with E-state index in [4.69, 9.17) is 4.52 Å². The van der Waals surface area contributed by atoms with Gasteiger partial charge in [-0.1, -0.05) is 41.2 Å². The third-order valence-corrected chi connectivity index (χ3v) is 4.85. The van der Waals surface area contributed by atoms with Crippen molar-refractivity contribution in [3.63, 3.8) is 0 Å². The Balaban J connectivity index is 1.55. The molecule has 2 heterocycles. The van der Waals surface area contributed by atoms with Crippen molar-refractivity contribution in [1.29, 1.82) is 0 Å². The lowest BCUT2D eigenvalue weighted by molar-refractivity contribution is 0.380. The molecule has 1 atom stereocenters. The summed E-state index contributed by atoms with van der Waals surface area (Å²) in [6.45, 7) is 3.68. The highest BCUT2D eigenvalue weighted by Crippen LogP contribution is 2.34. The van der Waals surface area contributed by atoms with Crippen LogP contribution in [0.4, 0.5) is 4.39 Å². The minimum Gasteiger partial charge on any atom is -0.338 e. The lowest BCUT2D eigenvalue weighted by Crippen LogP contribution is -1.90.